The van der Waals surface area contributed by atoms with Gasteiger partial charge < -0.3 is 15.0 Å². The van der Waals surface area contributed by atoms with Gasteiger partial charge in [-0.15, -0.1) is 0 Å². The van der Waals surface area contributed by atoms with Crippen molar-refractivity contribution in [1.82, 2.24) is 10.3 Å². The molecule has 1 aliphatic heterocycles. The third kappa shape index (κ3) is 6.54. The molecule has 0 spiro atoms. The van der Waals surface area contributed by atoms with Gasteiger partial charge in [0.2, 0.25) is 0 Å². The van der Waals surface area contributed by atoms with Gasteiger partial charge in [0.1, 0.15) is 5.82 Å². The fraction of sp³-hybridized carbons (Fsp3) is 0.444. The van der Waals surface area contributed by atoms with E-state index in [0.29, 0.717) is 13.1 Å². The number of halogens is 6. The van der Waals surface area contributed by atoms with Crippen LogP contribution in [0.3, 0.4) is 0 Å². The van der Waals surface area contributed by atoms with Crippen LogP contribution in [0.5, 0.6) is 0 Å². The molecule has 200 valence electrons. The number of hydrogen-bond acceptors (Lipinski definition) is 4. The minimum absolute atomic E-state index is 0.0843. The minimum atomic E-state index is -4.88. The molecule has 1 N–H and O–H groups in total. The Labute approximate surface area is 211 Å². The summed E-state index contributed by atoms with van der Waals surface area (Å²) in [7, 11) is 0. The first-order valence-corrected chi connectivity index (χ1v) is 12.2. The molecule has 1 aliphatic rings. The molecule has 2 aromatic carbocycles. The number of aromatic nitrogens is 1. The molecule has 1 aromatic heterocycles. The van der Waals surface area contributed by atoms with Crippen LogP contribution in [-0.2, 0) is 30.2 Å². The van der Waals surface area contributed by atoms with Crippen LogP contribution in [-0.4, -0.2) is 30.8 Å². The quantitative estimate of drug-likeness (QED) is 0.326. The molecule has 1 unspecified atom stereocenters. The van der Waals surface area contributed by atoms with E-state index in [-0.39, 0.29) is 30.8 Å². The molecule has 37 heavy (non-hydrogen) atoms. The van der Waals surface area contributed by atoms with Gasteiger partial charge in [-0.1, -0.05) is 18.2 Å². The summed E-state index contributed by atoms with van der Waals surface area (Å²) in [5.74, 6) is 0.729. The maximum atomic E-state index is 13.2. The lowest BCUT2D eigenvalue weighted by Crippen LogP contribution is -2.34. The highest BCUT2D eigenvalue weighted by Gasteiger charge is 2.36. The normalized spacial score (nSPS) is 16.5. The molecule has 0 radical (unpaired) electrons. The van der Waals surface area contributed by atoms with Crippen molar-refractivity contribution in [1.29, 1.82) is 0 Å². The average Bonchev–Trinajstić information content (AvgIpc) is 3.34. The molecule has 0 bridgehead atoms. The number of nitrogens with zero attached hydrogens (tertiary/aromatic N) is 2. The maximum absolute atomic E-state index is 13.2. The number of pyridine rings is 1. The topological polar surface area (TPSA) is 37.4 Å². The fourth-order valence-corrected chi connectivity index (χ4v) is 4.65. The number of fused-ring (bicyclic) bond motifs is 1. The lowest BCUT2D eigenvalue weighted by atomic mass is 10.0. The molecule has 10 heteroatoms. The van der Waals surface area contributed by atoms with E-state index in [0.717, 1.165) is 59.4 Å². The first kappa shape index (κ1) is 27.2. The third-order valence-electron chi connectivity index (χ3n) is 6.52. The number of anilines is 1. The fourth-order valence-electron chi connectivity index (χ4n) is 4.65. The van der Waals surface area contributed by atoms with E-state index in [9.17, 15) is 26.3 Å². The molecule has 0 saturated carbocycles. The molecule has 4 rings (SSSR count). The van der Waals surface area contributed by atoms with Crippen molar-refractivity contribution in [3.63, 3.8) is 0 Å². The van der Waals surface area contributed by atoms with Gasteiger partial charge in [0.05, 0.1) is 22.7 Å². The van der Waals surface area contributed by atoms with E-state index in [1.807, 2.05) is 38.1 Å². The second-order valence-corrected chi connectivity index (χ2v) is 9.31. The van der Waals surface area contributed by atoms with Crippen LogP contribution in [0.4, 0.5) is 32.2 Å². The van der Waals surface area contributed by atoms with E-state index in [1.165, 1.54) is 0 Å². The highest BCUT2D eigenvalue weighted by atomic mass is 19.4. The summed E-state index contributed by atoms with van der Waals surface area (Å²) in [4.78, 5) is 7.06. The Morgan fingerprint density at radius 1 is 1.00 bits per heavy atom. The van der Waals surface area contributed by atoms with Crippen molar-refractivity contribution in [2.75, 3.05) is 24.6 Å². The lowest BCUT2D eigenvalue weighted by Gasteiger charge is -2.28. The van der Waals surface area contributed by atoms with Crippen LogP contribution in [0.25, 0.3) is 10.9 Å². The molecule has 3 aromatic rings. The maximum Gasteiger partial charge on any atom is 0.416 e. The first-order valence-electron chi connectivity index (χ1n) is 12.2. The van der Waals surface area contributed by atoms with Crippen LogP contribution in [0, 0.1) is 6.92 Å². The number of hydrogen-bond donors (Lipinski definition) is 1. The number of likely N-dealkylation sites (N-methyl/N-ethyl adjacent to an activating group) is 1. The van der Waals surface area contributed by atoms with E-state index in [1.54, 1.807) is 0 Å². The Morgan fingerprint density at radius 3 is 2.30 bits per heavy atom. The average molecular weight is 526 g/mol. The van der Waals surface area contributed by atoms with Crippen LogP contribution in [0.15, 0.2) is 42.5 Å². The summed E-state index contributed by atoms with van der Waals surface area (Å²) in [6.07, 6.45) is -7.73. The number of ether oxygens (including phenoxy) is 1. The smallest absolute Gasteiger partial charge is 0.376 e. The summed E-state index contributed by atoms with van der Waals surface area (Å²) in [6, 6.07) is 9.44. The molecule has 0 aliphatic carbocycles. The van der Waals surface area contributed by atoms with Crippen molar-refractivity contribution in [3.05, 3.63) is 70.3 Å². The Kier molecular flexibility index (Phi) is 7.99. The number of benzene rings is 2. The predicted octanol–water partition coefficient (Wildman–Crippen LogP) is 6.88. The molecule has 1 saturated heterocycles. The summed E-state index contributed by atoms with van der Waals surface area (Å²) < 4.78 is 85.2. The van der Waals surface area contributed by atoms with E-state index < -0.39 is 23.5 Å². The van der Waals surface area contributed by atoms with Crippen molar-refractivity contribution >= 4 is 16.7 Å². The predicted molar refractivity (Wildman–Crippen MR) is 130 cm³/mol. The van der Waals surface area contributed by atoms with Gasteiger partial charge in [0.25, 0.3) is 0 Å². The SMILES string of the molecule is CCN(CC1CCCO1)c1nc2c(C)cccc2cc1CNCc1cc(C(F)(F)F)cc(C(F)(F)F)c1. The lowest BCUT2D eigenvalue weighted by molar-refractivity contribution is -0.143. The number of aryl methyl sites for hydroxylation is 1. The van der Waals surface area contributed by atoms with Crippen LogP contribution >= 0.6 is 0 Å². The summed E-state index contributed by atoms with van der Waals surface area (Å²) in [5.41, 5.74) is -0.0801. The highest BCUT2D eigenvalue weighted by Crippen LogP contribution is 2.36. The monoisotopic (exact) mass is 525 g/mol. The Hall–Kier alpha value is -2.85. The van der Waals surface area contributed by atoms with E-state index in [4.69, 9.17) is 9.72 Å². The van der Waals surface area contributed by atoms with Gasteiger partial charge in [-0.2, -0.15) is 26.3 Å². The Morgan fingerprint density at radius 2 is 1.70 bits per heavy atom. The van der Waals surface area contributed by atoms with Crippen molar-refractivity contribution in [2.45, 2.75) is 58.2 Å². The second kappa shape index (κ2) is 10.9. The number of alkyl halides is 6. The summed E-state index contributed by atoms with van der Waals surface area (Å²) in [5, 5.41) is 3.94. The zero-order valence-electron chi connectivity index (χ0n) is 20.6. The van der Waals surface area contributed by atoms with E-state index in [2.05, 4.69) is 10.2 Å². The zero-order valence-corrected chi connectivity index (χ0v) is 20.6. The Balaban J connectivity index is 1.62. The van der Waals surface area contributed by atoms with Crippen molar-refractivity contribution in [2.24, 2.45) is 0 Å². The van der Waals surface area contributed by atoms with E-state index >= 15 is 0 Å². The van der Waals surface area contributed by atoms with Gasteiger partial charge in [0, 0.05) is 43.7 Å². The van der Waals surface area contributed by atoms with Gasteiger partial charge in [-0.05, 0) is 62.1 Å². The van der Waals surface area contributed by atoms with Crippen molar-refractivity contribution in [3.8, 4) is 0 Å². The standard InChI is InChI=1S/C27H29F6N3O/c1-3-36(16-23-8-5-9-37-23)25-20(12-19-7-4-6-17(2)24(19)35-25)15-34-14-18-10-21(26(28,29)30)13-22(11-18)27(31,32)33/h4,6-7,10-13,23,34H,3,5,8-9,14-16H2,1-2H3. The summed E-state index contributed by atoms with van der Waals surface area (Å²) >= 11 is 0. The molecule has 0 amide bonds. The van der Waals surface area contributed by atoms with Gasteiger partial charge >= 0.3 is 12.4 Å². The molecule has 1 atom stereocenters. The van der Waals surface area contributed by atoms with Gasteiger partial charge in [-0.3, -0.25) is 0 Å². The van der Waals surface area contributed by atoms with Crippen LogP contribution in [0.2, 0.25) is 0 Å². The van der Waals surface area contributed by atoms with Crippen LogP contribution < -0.4 is 10.2 Å². The highest BCUT2D eigenvalue weighted by molar-refractivity contribution is 5.84. The van der Waals surface area contributed by atoms with Crippen molar-refractivity contribution < 1.29 is 31.1 Å². The first-order chi connectivity index (χ1) is 17.5. The van der Waals surface area contributed by atoms with Gasteiger partial charge in [0.15, 0.2) is 0 Å². The largest absolute Gasteiger partial charge is 0.416 e. The number of para-hydroxylation sites is 1. The third-order valence-corrected chi connectivity index (χ3v) is 6.52. The summed E-state index contributed by atoms with van der Waals surface area (Å²) in [6.45, 7) is 6.06. The molecular formula is C27H29F6N3O. The Bertz CT molecular complexity index is 1200. The minimum Gasteiger partial charge on any atom is -0.376 e. The molecule has 1 fully saturated rings. The second-order valence-electron chi connectivity index (χ2n) is 9.31. The molecule has 4 nitrogen and oxygen atoms in total. The number of rotatable bonds is 8. The van der Waals surface area contributed by atoms with Crippen LogP contribution in [0.1, 0.15) is 47.6 Å². The molecular weight excluding hydrogens is 496 g/mol. The molecule has 2 heterocycles. The zero-order chi connectivity index (χ0) is 26.8. The number of nitrogens with one attached hydrogen (secondary N) is 1. The van der Waals surface area contributed by atoms with Gasteiger partial charge in [-0.25, -0.2) is 4.98 Å².